The van der Waals surface area contributed by atoms with Crippen molar-refractivity contribution in [2.24, 2.45) is 0 Å². The van der Waals surface area contributed by atoms with Gasteiger partial charge in [-0.3, -0.25) is 0 Å². The molecule has 0 bridgehead atoms. The maximum absolute atomic E-state index is 12.4. The van der Waals surface area contributed by atoms with Crippen LogP contribution in [0, 0.1) is 13.8 Å². The maximum atomic E-state index is 12.4. The molecular formula is C15H17ClN2O2S. The molecule has 0 aliphatic rings. The van der Waals surface area contributed by atoms with Crippen molar-refractivity contribution < 1.29 is 8.42 Å². The van der Waals surface area contributed by atoms with Gasteiger partial charge in [0.2, 0.25) is 10.0 Å². The minimum atomic E-state index is -3.67. The van der Waals surface area contributed by atoms with E-state index in [-0.39, 0.29) is 11.4 Å². The largest absolute Gasteiger partial charge is 0.398 e. The Morgan fingerprint density at radius 1 is 1.19 bits per heavy atom. The van der Waals surface area contributed by atoms with E-state index in [4.69, 9.17) is 17.3 Å². The summed E-state index contributed by atoms with van der Waals surface area (Å²) in [6, 6.07) is 10.6. The van der Waals surface area contributed by atoms with Gasteiger partial charge in [-0.05, 0) is 42.7 Å². The highest BCUT2D eigenvalue weighted by Crippen LogP contribution is 2.26. The maximum Gasteiger partial charge on any atom is 0.241 e. The average molecular weight is 325 g/mol. The van der Waals surface area contributed by atoms with Gasteiger partial charge in [0.1, 0.15) is 0 Å². The highest BCUT2D eigenvalue weighted by atomic mass is 35.5. The molecule has 0 unspecified atom stereocenters. The van der Waals surface area contributed by atoms with Crippen LogP contribution >= 0.6 is 11.6 Å². The molecule has 2 aromatic rings. The van der Waals surface area contributed by atoms with Gasteiger partial charge >= 0.3 is 0 Å². The fraction of sp³-hybridized carbons (Fsp3) is 0.200. The van der Waals surface area contributed by atoms with Gasteiger partial charge in [-0.2, -0.15) is 0 Å². The van der Waals surface area contributed by atoms with Crippen molar-refractivity contribution in [3.63, 3.8) is 0 Å². The van der Waals surface area contributed by atoms with Crippen LogP contribution < -0.4 is 10.5 Å². The lowest BCUT2D eigenvalue weighted by molar-refractivity contribution is 0.580. The van der Waals surface area contributed by atoms with E-state index in [9.17, 15) is 8.42 Å². The Bertz CT molecular complexity index is 773. The molecule has 4 nitrogen and oxygen atoms in total. The number of hydrogen-bond acceptors (Lipinski definition) is 3. The van der Waals surface area contributed by atoms with Gasteiger partial charge < -0.3 is 5.73 Å². The molecule has 6 heteroatoms. The fourth-order valence-corrected chi connectivity index (χ4v) is 3.61. The molecule has 0 radical (unpaired) electrons. The summed E-state index contributed by atoms with van der Waals surface area (Å²) in [5.74, 6) is 0. The van der Waals surface area contributed by atoms with Gasteiger partial charge in [0.05, 0.1) is 4.90 Å². The summed E-state index contributed by atoms with van der Waals surface area (Å²) in [5, 5.41) is 0.300. The second kappa shape index (κ2) is 6.05. The molecule has 0 saturated carbocycles. The van der Waals surface area contributed by atoms with Crippen LogP contribution in [-0.2, 0) is 16.6 Å². The molecule has 0 aliphatic heterocycles. The number of rotatable bonds is 4. The Balaban J connectivity index is 2.30. The SMILES string of the molecule is Cc1ccccc1CNS(=O)(=O)c1cc(Cl)cc(N)c1C. The lowest BCUT2D eigenvalue weighted by Crippen LogP contribution is -2.24. The fourth-order valence-electron chi connectivity index (χ4n) is 2.01. The summed E-state index contributed by atoms with van der Waals surface area (Å²) in [4.78, 5) is 0.112. The zero-order valence-electron chi connectivity index (χ0n) is 11.9. The Morgan fingerprint density at radius 3 is 2.52 bits per heavy atom. The molecule has 0 aromatic heterocycles. The molecule has 0 heterocycles. The van der Waals surface area contributed by atoms with E-state index in [2.05, 4.69) is 4.72 Å². The minimum Gasteiger partial charge on any atom is -0.398 e. The van der Waals surface area contributed by atoms with Crippen molar-refractivity contribution in [1.29, 1.82) is 0 Å². The predicted molar refractivity (Wildman–Crippen MR) is 85.8 cm³/mol. The summed E-state index contributed by atoms with van der Waals surface area (Å²) in [7, 11) is -3.67. The van der Waals surface area contributed by atoms with Crippen LogP contribution in [0.25, 0.3) is 0 Å². The van der Waals surface area contributed by atoms with Crippen LogP contribution in [-0.4, -0.2) is 8.42 Å². The van der Waals surface area contributed by atoms with Crippen molar-refractivity contribution >= 4 is 27.3 Å². The van der Waals surface area contributed by atoms with Gasteiger partial charge in [0.25, 0.3) is 0 Å². The molecular weight excluding hydrogens is 308 g/mol. The Labute approximate surface area is 130 Å². The van der Waals surface area contributed by atoms with Crippen LogP contribution in [0.3, 0.4) is 0 Å². The number of anilines is 1. The van der Waals surface area contributed by atoms with Gasteiger partial charge in [0.15, 0.2) is 0 Å². The minimum absolute atomic E-state index is 0.112. The monoisotopic (exact) mass is 324 g/mol. The smallest absolute Gasteiger partial charge is 0.241 e. The van der Waals surface area contributed by atoms with Crippen molar-refractivity contribution in [3.05, 3.63) is 58.1 Å². The third-order valence-electron chi connectivity index (χ3n) is 3.37. The van der Waals surface area contributed by atoms with E-state index in [0.717, 1.165) is 11.1 Å². The van der Waals surface area contributed by atoms with Crippen LogP contribution in [0.5, 0.6) is 0 Å². The normalized spacial score (nSPS) is 11.6. The molecule has 0 spiro atoms. The predicted octanol–water partition coefficient (Wildman–Crippen LogP) is 3.02. The second-order valence-corrected chi connectivity index (χ2v) is 7.04. The Morgan fingerprint density at radius 2 is 1.86 bits per heavy atom. The van der Waals surface area contributed by atoms with Crippen LogP contribution in [0.1, 0.15) is 16.7 Å². The summed E-state index contributed by atoms with van der Waals surface area (Å²) in [6.07, 6.45) is 0. The molecule has 2 aromatic carbocycles. The summed E-state index contributed by atoms with van der Waals surface area (Å²) in [6.45, 7) is 3.82. The zero-order chi connectivity index (χ0) is 15.6. The number of hydrogen-bond donors (Lipinski definition) is 2. The molecule has 21 heavy (non-hydrogen) atoms. The second-order valence-electron chi connectivity index (χ2n) is 4.87. The van der Waals surface area contributed by atoms with E-state index in [1.54, 1.807) is 6.92 Å². The molecule has 112 valence electrons. The quantitative estimate of drug-likeness (QED) is 0.849. The van der Waals surface area contributed by atoms with Gasteiger partial charge in [-0.25, -0.2) is 13.1 Å². The first-order valence-electron chi connectivity index (χ1n) is 6.41. The van der Waals surface area contributed by atoms with Gasteiger partial charge in [-0.1, -0.05) is 35.9 Å². The molecule has 0 saturated heterocycles. The number of nitrogen functional groups attached to an aromatic ring is 1. The number of nitrogens with two attached hydrogens (primary N) is 1. The Hall–Kier alpha value is -1.56. The molecule has 0 fully saturated rings. The van der Waals surface area contributed by atoms with E-state index < -0.39 is 10.0 Å². The third kappa shape index (κ3) is 3.56. The highest BCUT2D eigenvalue weighted by Gasteiger charge is 2.19. The molecule has 0 aliphatic carbocycles. The summed E-state index contributed by atoms with van der Waals surface area (Å²) < 4.78 is 27.4. The number of nitrogens with one attached hydrogen (secondary N) is 1. The average Bonchev–Trinajstić information content (AvgIpc) is 2.42. The van der Waals surface area contributed by atoms with Gasteiger partial charge in [0, 0.05) is 17.3 Å². The van der Waals surface area contributed by atoms with E-state index >= 15 is 0 Å². The van der Waals surface area contributed by atoms with Crippen molar-refractivity contribution in [1.82, 2.24) is 4.72 Å². The topological polar surface area (TPSA) is 72.2 Å². The van der Waals surface area contributed by atoms with E-state index in [0.29, 0.717) is 16.3 Å². The first-order valence-corrected chi connectivity index (χ1v) is 8.27. The molecule has 0 atom stereocenters. The summed E-state index contributed by atoms with van der Waals surface area (Å²) in [5.41, 5.74) is 8.58. The van der Waals surface area contributed by atoms with Gasteiger partial charge in [-0.15, -0.1) is 0 Å². The van der Waals surface area contributed by atoms with E-state index in [1.165, 1.54) is 12.1 Å². The molecule has 0 amide bonds. The van der Waals surface area contributed by atoms with E-state index in [1.807, 2.05) is 31.2 Å². The van der Waals surface area contributed by atoms with Crippen LogP contribution in [0.15, 0.2) is 41.3 Å². The first kappa shape index (κ1) is 15.8. The number of benzene rings is 2. The zero-order valence-corrected chi connectivity index (χ0v) is 13.4. The third-order valence-corrected chi connectivity index (χ3v) is 5.11. The van der Waals surface area contributed by atoms with Crippen LogP contribution in [0.4, 0.5) is 5.69 Å². The van der Waals surface area contributed by atoms with Crippen molar-refractivity contribution in [2.75, 3.05) is 5.73 Å². The number of aryl methyl sites for hydroxylation is 1. The standard InChI is InChI=1S/C15H17ClN2O2S/c1-10-5-3-4-6-12(10)9-18-21(19,20)15-8-13(16)7-14(17)11(15)2/h3-8,18H,9,17H2,1-2H3. The molecule has 2 rings (SSSR count). The lowest BCUT2D eigenvalue weighted by atomic mass is 10.1. The van der Waals surface area contributed by atoms with Crippen molar-refractivity contribution in [2.45, 2.75) is 25.3 Å². The first-order chi connectivity index (χ1) is 9.81. The lowest BCUT2D eigenvalue weighted by Gasteiger charge is -2.12. The van der Waals surface area contributed by atoms with Crippen molar-refractivity contribution in [3.8, 4) is 0 Å². The Kier molecular flexibility index (Phi) is 4.56. The molecule has 3 N–H and O–H groups in total. The van der Waals surface area contributed by atoms with Crippen LogP contribution in [0.2, 0.25) is 5.02 Å². The number of sulfonamides is 1. The summed E-state index contributed by atoms with van der Waals surface area (Å²) >= 11 is 5.90. The highest BCUT2D eigenvalue weighted by molar-refractivity contribution is 7.89. The number of halogens is 1.